The SMILES string of the molecule is Cc1cc(-c2cncc(F)c2)cc(C(=O)Nc2nc(C)cs2)n1. The van der Waals surface area contributed by atoms with Gasteiger partial charge >= 0.3 is 0 Å². The van der Waals surface area contributed by atoms with Crippen molar-refractivity contribution in [1.82, 2.24) is 15.0 Å². The number of rotatable bonds is 3. The van der Waals surface area contributed by atoms with E-state index in [1.54, 1.807) is 25.3 Å². The lowest BCUT2D eigenvalue weighted by atomic mass is 10.1. The topological polar surface area (TPSA) is 67.8 Å². The highest BCUT2D eigenvalue weighted by Crippen LogP contribution is 2.22. The second-order valence-electron chi connectivity index (χ2n) is 5.02. The van der Waals surface area contributed by atoms with Gasteiger partial charge in [0.25, 0.3) is 5.91 Å². The van der Waals surface area contributed by atoms with E-state index in [1.165, 1.54) is 17.4 Å². The fraction of sp³-hybridized carbons (Fsp3) is 0.125. The Bertz CT molecular complexity index is 878. The van der Waals surface area contributed by atoms with Crippen molar-refractivity contribution in [3.05, 3.63) is 58.9 Å². The molecule has 23 heavy (non-hydrogen) atoms. The number of nitrogens with one attached hydrogen (secondary N) is 1. The summed E-state index contributed by atoms with van der Waals surface area (Å²) < 4.78 is 13.3. The predicted octanol–water partition coefficient (Wildman–Crippen LogP) is 3.61. The molecule has 0 saturated carbocycles. The number of amides is 1. The van der Waals surface area contributed by atoms with E-state index in [-0.39, 0.29) is 11.6 Å². The first-order valence-electron chi connectivity index (χ1n) is 6.84. The molecule has 5 nitrogen and oxygen atoms in total. The van der Waals surface area contributed by atoms with Crippen LogP contribution in [0.25, 0.3) is 11.1 Å². The van der Waals surface area contributed by atoms with Crippen molar-refractivity contribution in [2.45, 2.75) is 13.8 Å². The third-order valence-corrected chi connectivity index (χ3v) is 3.94. The first-order chi connectivity index (χ1) is 11.0. The van der Waals surface area contributed by atoms with Gasteiger partial charge in [-0.2, -0.15) is 0 Å². The van der Waals surface area contributed by atoms with Gasteiger partial charge in [0.15, 0.2) is 5.13 Å². The molecular formula is C16H13FN4OS. The molecule has 0 aromatic carbocycles. The minimum atomic E-state index is -0.429. The number of aromatic nitrogens is 3. The van der Waals surface area contributed by atoms with Gasteiger partial charge in [-0.05, 0) is 37.6 Å². The number of hydrogen-bond donors (Lipinski definition) is 1. The number of aryl methyl sites for hydroxylation is 2. The maximum Gasteiger partial charge on any atom is 0.276 e. The smallest absolute Gasteiger partial charge is 0.276 e. The fourth-order valence-electron chi connectivity index (χ4n) is 2.09. The van der Waals surface area contributed by atoms with Crippen molar-refractivity contribution in [3.63, 3.8) is 0 Å². The van der Waals surface area contributed by atoms with Gasteiger partial charge in [0, 0.05) is 22.8 Å². The molecule has 0 saturated heterocycles. The normalized spacial score (nSPS) is 10.6. The highest BCUT2D eigenvalue weighted by atomic mass is 32.1. The Hall–Kier alpha value is -2.67. The van der Waals surface area contributed by atoms with Crippen molar-refractivity contribution in [3.8, 4) is 11.1 Å². The van der Waals surface area contributed by atoms with Crippen LogP contribution in [0.3, 0.4) is 0 Å². The molecule has 0 aliphatic heterocycles. The molecule has 0 bridgehead atoms. The third kappa shape index (κ3) is 3.57. The highest BCUT2D eigenvalue weighted by molar-refractivity contribution is 7.13. The molecule has 7 heteroatoms. The van der Waals surface area contributed by atoms with Gasteiger partial charge < -0.3 is 0 Å². The molecule has 0 atom stereocenters. The van der Waals surface area contributed by atoms with E-state index in [4.69, 9.17) is 0 Å². The number of hydrogen-bond acceptors (Lipinski definition) is 5. The zero-order chi connectivity index (χ0) is 16.4. The van der Waals surface area contributed by atoms with Crippen LogP contribution in [0.1, 0.15) is 21.9 Å². The van der Waals surface area contributed by atoms with E-state index in [1.807, 2.05) is 12.3 Å². The number of nitrogens with zero attached hydrogens (tertiary/aromatic N) is 3. The van der Waals surface area contributed by atoms with Crippen LogP contribution in [-0.4, -0.2) is 20.9 Å². The molecule has 0 fully saturated rings. The number of pyridine rings is 2. The number of halogens is 1. The minimum absolute atomic E-state index is 0.247. The van der Waals surface area contributed by atoms with Crippen LogP contribution in [0.15, 0.2) is 36.0 Å². The molecule has 0 aliphatic rings. The summed E-state index contributed by atoms with van der Waals surface area (Å²) in [4.78, 5) is 24.6. The average molecular weight is 328 g/mol. The summed E-state index contributed by atoms with van der Waals surface area (Å²) in [5.41, 5.74) is 3.03. The Morgan fingerprint density at radius 3 is 2.61 bits per heavy atom. The average Bonchev–Trinajstić information content (AvgIpc) is 2.91. The van der Waals surface area contributed by atoms with Crippen LogP contribution in [0.2, 0.25) is 0 Å². The van der Waals surface area contributed by atoms with Crippen molar-refractivity contribution in [2.24, 2.45) is 0 Å². The molecule has 1 N–H and O–H groups in total. The zero-order valence-corrected chi connectivity index (χ0v) is 13.3. The van der Waals surface area contributed by atoms with Gasteiger partial charge in [-0.25, -0.2) is 14.4 Å². The van der Waals surface area contributed by atoms with E-state index in [0.717, 1.165) is 11.9 Å². The Morgan fingerprint density at radius 2 is 1.91 bits per heavy atom. The Kier molecular flexibility index (Phi) is 4.12. The van der Waals surface area contributed by atoms with Crippen LogP contribution in [-0.2, 0) is 0 Å². The maximum absolute atomic E-state index is 13.3. The number of anilines is 1. The molecule has 0 aliphatic carbocycles. The lowest BCUT2D eigenvalue weighted by Crippen LogP contribution is -2.14. The van der Waals surface area contributed by atoms with Crippen molar-refractivity contribution in [2.75, 3.05) is 5.32 Å². The van der Waals surface area contributed by atoms with Gasteiger partial charge in [-0.15, -0.1) is 11.3 Å². The summed E-state index contributed by atoms with van der Waals surface area (Å²) in [6.45, 7) is 3.63. The van der Waals surface area contributed by atoms with Crippen LogP contribution >= 0.6 is 11.3 Å². The van der Waals surface area contributed by atoms with E-state index >= 15 is 0 Å². The molecule has 3 rings (SSSR count). The van der Waals surface area contributed by atoms with E-state index < -0.39 is 5.82 Å². The number of thiazole rings is 1. The minimum Gasteiger partial charge on any atom is -0.296 e. The molecule has 1 amide bonds. The van der Waals surface area contributed by atoms with Crippen LogP contribution in [0, 0.1) is 19.7 Å². The number of carbonyl (C=O) groups is 1. The molecular weight excluding hydrogens is 315 g/mol. The van der Waals surface area contributed by atoms with Crippen molar-refractivity contribution >= 4 is 22.4 Å². The van der Waals surface area contributed by atoms with E-state index in [9.17, 15) is 9.18 Å². The zero-order valence-electron chi connectivity index (χ0n) is 12.5. The van der Waals surface area contributed by atoms with Gasteiger partial charge in [0.05, 0.1) is 11.9 Å². The summed E-state index contributed by atoms with van der Waals surface area (Å²) in [5, 5.41) is 5.08. The second kappa shape index (κ2) is 6.21. The van der Waals surface area contributed by atoms with E-state index in [2.05, 4.69) is 20.3 Å². The molecule has 0 radical (unpaired) electrons. The monoisotopic (exact) mass is 328 g/mol. The molecule has 3 aromatic heterocycles. The van der Waals surface area contributed by atoms with Crippen molar-refractivity contribution < 1.29 is 9.18 Å². The van der Waals surface area contributed by atoms with E-state index in [0.29, 0.717) is 22.0 Å². The van der Waals surface area contributed by atoms with Crippen LogP contribution in [0.5, 0.6) is 0 Å². The maximum atomic E-state index is 13.3. The fourth-order valence-corrected chi connectivity index (χ4v) is 2.78. The van der Waals surface area contributed by atoms with Gasteiger partial charge in [-0.3, -0.25) is 15.1 Å². The number of carbonyl (C=O) groups excluding carboxylic acids is 1. The Balaban J connectivity index is 1.92. The molecule has 116 valence electrons. The molecule has 3 heterocycles. The standard InChI is InChI=1S/C16H13FN4OS/c1-9-3-11(12-4-13(17)7-18-6-12)5-14(19-9)15(22)21-16-20-10(2)8-23-16/h3-8H,1-2H3,(H,20,21,22). The summed E-state index contributed by atoms with van der Waals surface area (Å²) >= 11 is 1.35. The largest absolute Gasteiger partial charge is 0.296 e. The second-order valence-corrected chi connectivity index (χ2v) is 5.88. The molecule has 0 spiro atoms. The predicted molar refractivity (Wildman–Crippen MR) is 87.0 cm³/mol. The first-order valence-corrected chi connectivity index (χ1v) is 7.72. The van der Waals surface area contributed by atoms with Gasteiger partial charge in [0.2, 0.25) is 0 Å². The third-order valence-electron chi connectivity index (χ3n) is 3.06. The summed E-state index contributed by atoms with van der Waals surface area (Å²) in [5.74, 6) is -0.783. The molecule has 0 unspecified atom stereocenters. The van der Waals surface area contributed by atoms with Gasteiger partial charge in [-0.1, -0.05) is 0 Å². The quantitative estimate of drug-likeness (QED) is 0.797. The summed E-state index contributed by atoms with van der Waals surface area (Å²) in [7, 11) is 0. The van der Waals surface area contributed by atoms with Crippen LogP contribution < -0.4 is 5.32 Å². The summed E-state index contributed by atoms with van der Waals surface area (Å²) in [6, 6.07) is 4.76. The van der Waals surface area contributed by atoms with Crippen molar-refractivity contribution in [1.29, 1.82) is 0 Å². The molecule has 3 aromatic rings. The highest BCUT2D eigenvalue weighted by Gasteiger charge is 2.13. The lowest BCUT2D eigenvalue weighted by molar-refractivity contribution is 0.102. The Labute approximate surface area is 136 Å². The summed E-state index contributed by atoms with van der Waals surface area (Å²) in [6.07, 6.45) is 2.68. The lowest BCUT2D eigenvalue weighted by Gasteiger charge is -2.07. The van der Waals surface area contributed by atoms with Gasteiger partial charge in [0.1, 0.15) is 11.5 Å². The Morgan fingerprint density at radius 1 is 1.09 bits per heavy atom. The van der Waals surface area contributed by atoms with Crippen LogP contribution in [0.4, 0.5) is 9.52 Å². The first kappa shape index (κ1) is 15.2.